The monoisotopic (exact) mass is 336 g/mol. The molecule has 0 N–H and O–H groups in total. The molecule has 0 aliphatic carbocycles. The lowest BCUT2D eigenvalue weighted by Gasteiger charge is -2.06. The molecule has 6 nitrogen and oxygen atoms in total. The van der Waals surface area contributed by atoms with Crippen LogP contribution in [-0.2, 0) is 17.7 Å². The van der Waals surface area contributed by atoms with Gasteiger partial charge in [0.1, 0.15) is 12.4 Å². The van der Waals surface area contributed by atoms with Crippen LogP contribution in [0, 0.1) is 5.82 Å². The van der Waals surface area contributed by atoms with Crippen LogP contribution in [0.3, 0.4) is 0 Å². The summed E-state index contributed by atoms with van der Waals surface area (Å²) in [5, 5.41) is 8.19. The van der Waals surface area contributed by atoms with Gasteiger partial charge in [-0.3, -0.25) is 4.68 Å². The van der Waals surface area contributed by atoms with Gasteiger partial charge in [0, 0.05) is 25.3 Å². The molecule has 3 aromatic rings. The Morgan fingerprint density at radius 2 is 2.22 bits per heavy atom. The largest absolute Gasteiger partial charge is 0.384 e. The van der Waals surface area contributed by atoms with Crippen molar-refractivity contribution in [3.05, 3.63) is 53.0 Å². The second-order valence-corrected chi connectivity index (χ2v) is 5.26. The standard InChI is InChI=1S/C15H14ClFN4O2/c1-22-7-5-14-19-15(23-20-14)9-21-13(4-6-18-21)10-2-3-12(17)11(16)8-10/h2-4,6,8H,5,7,9H2,1H3. The van der Waals surface area contributed by atoms with E-state index in [0.717, 1.165) is 11.3 Å². The van der Waals surface area contributed by atoms with Gasteiger partial charge in [0.2, 0.25) is 5.89 Å². The number of halogens is 2. The van der Waals surface area contributed by atoms with Crippen LogP contribution in [0.25, 0.3) is 11.3 Å². The van der Waals surface area contributed by atoms with Gasteiger partial charge in [-0.2, -0.15) is 10.1 Å². The lowest BCUT2D eigenvalue weighted by atomic mass is 10.1. The quantitative estimate of drug-likeness (QED) is 0.692. The Morgan fingerprint density at radius 3 is 3.00 bits per heavy atom. The van der Waals surface area contributed by atoms with Crippen molar-refractivity contribution < 1.29 is 13.7 Å². The van der Waals surface area contributed by atoms with Crippen molar-refractivity contribution in [1.82, 2.24) is 19.9 Å². The van der Waals surface area contributed by atoms with E-state index >= 15 is 0 Å². The first kappa shape index (κ1) is 15.6. The van der Waals surface area contributed by atoms with Gasteiger partial charge in [-0.05, 0) is 24.3 Å². The highest BCUT2D eigenvalue weighted by atomic mass is 35.5. The van der Waals surface area contributed by atoms with Crippen molar-refractivity contribution in [2.45, 2.75) is 13.0 Å². The van der Waals surface area contributed by atoms with Gasteiger partial charge in [0.25, 0.3) is 0 Å². The van der Waals surface area contributed by atoms with Gasteiger partial charge in [-0.25, -0.2) is 4.39 Å². The SMILES string of the molecule is COCCc1noc(Cn2nccc2-c2ccc(F)c(Cl)c2)n1. The van der Waals surface area contributed by atoms with Gasteiger partial charge < -0.3 is 9.26 Å². The third-order valence-electron chi connectivity index (χ3n) is 3.26. The fraction of sp³-hybridized carbons (Fsp3) is 0.267. The molecule has 3 rings (SSSR count). The Bertz CT molecular complexity index is 802. The molecule has 0 aliphatic heterocycles. The van der Waals surface area contributed by atoms with E-state index in [9.17, 15) is 4.39 Å². The van der Waals surface area contributed by atoms with Gasteiger partial charge in [-0.15, -0.1) is 0 Å². The molecule has 1 aromatic carbocycles. The summed E-state index contributed by atoms with van der Waals surface area (Å²) in [6.07, 6.45) is 2.23. The molecular weight excluding hydrogens is 323 g/mol. The molecule has 0 radical (unpaired) electrons. The zero-order valence-electron chi connectivity index (χ0n) is 12.4. The Balaban J connectivity index is 1.80. The van der Waals surface area contributed by atoms with Crippen LogP contribution in [0.4, 0.5) is 4.39 Å². The number of hydrogen-bond donors (Lipinski definition) is 0. The highest BCUT2D eigenvalue weighted by Gasteiger charge is 2.12. The summed E-state index contributed by atoms with van der Waals surface area (Å²) in [6.45, 7) is 0.845. The van der Waals surface area contributed by atoms with Crippen LogP contribution < -0.4 is 0 Å². The van der Waals surface area contributed by atoms with Crippen LogP contribution >= 0.6 is 11.6 Å². The maximum absolute atomic E-state index is 13.3. The zero-order valence-corrected chi connectivity index (χ0v) is 13.1. The molecule has 0 spiro atoms. The lowest BCUT2D eigenvalue weighted by molar-refractivity contribution is 0.199. The molecule has 120 valence electrons. The fourth-order valence-electron chi connectivity index (χ4n) is 2.14. The topological polar surface area (TPSA) is 66.0 Å². The van der Waals surface area contributed by atoms with Crippen LogP contribution in [0.5, 0.6) is 0 Å². The van der Waals surface area contributed by atoms with Crippen molar-refractivity contribution in [3.8, 4) is 11.3 Å². The molecule has 2 heterocycles. The normalized spacial score (nSPS) is 11.1. The summed E-state index contributed by atoms with van der Waals surface area (Å²) in [6, 6.07) is 6.34. The molecule has 0 saturated heterocycles. The third kappa shape index (κ3) is 3.57. The van der Waals surface area contributed by atoms with E-state index in [2.05, 4.69) is 15.2 Å². The van der Waals surface area contributed by atoms with E-state index in [1.54, 1.807) is 30.1 Å². The van der Waals surface area contributed by atoms with E-state index in [1.165, 1.54) is 6.07 Å². The molecule has 0 aliphatic rings. The number of hydrogen-bond acceptors (Lipinski definition) is 5. The Labute approximate surface area is 136 Å². The van der Waals surface area contributed by atoms with Crippen molar-refractivity contribution >= 4 is 11.6 Å². The van der Waals surface area contributed by atoms with Crippen molar-refractivity contribution in [3.63, 3.8) is 0 Å². The molecule has 8 heteroatoms. The molecule has 0 unspecified atom stereocenters. The highest BCUT2D eigenvalue weighted by Crippen LogP contribution is 2.25. The molecule has 23 heavy (non-hydrogen) atoms. The summed E-state index contributed by atoms with van der Waals surface area (Å²) in [4.78, 5) is 4.28. The molecular formula is C15H14ClFN4O2. The summed E-state index contributed by atoms with van der Waals surface area (Å²) < 4.78 is 25.2. The van der Waals surface area contributed by atoms with Crippen LogP contribution in [-0.4, -0.2) is 33.6 Å². The van der Waals surface area contributed by atoms with Crippen molar-refractivity contribution in [1.29, 1.82) is 0 Å². The van der Waals surface area contributed by atoms with E-state index in [-0.39, 0.29) is 5.02 Å². The summed E-state index contributed by atoms with van der Waals surface area (Å²) in [7, 11) is 1.62. The minimum absolute atomic E-state index is 0.0647. The smallest absolute Gasteiger partial charge is 0.248 e. The minimum atomic E-state index is -0.457. The molecule has 0 saturated carbocycles. The van der Waals surface area contributed by atoms with Crippen molar-refractivity contribution in [2.24, 2.45) is 0 Å². The third-order valence-corrected chi connectivity index (χ3v) is 3.55. The number of benzene rings is 1. The Morgan fingerprint density at radius 1 is 1.35 bits per heavy atom. The summed E-state index contributed by atoms with van der Waals surface area (Å²) >= 11 is 5.84. The second kappa shape index (κ2) is 6.89. The first-order chi connectivity index (χ1) is 11.2. The predicted molar refractivity (Wildman–Crippen MR) is 81.6 cm³/mol. The van der Waals surface area contributed by atoms with E-state index in [4.69, 9.17) is 20.9 Å². The fourth-order valence-corrected chi connectivity index (χ4v) is 2.32. The average Bonchev–Trinajstić information content (AvgIpc) is 3.18. The van der Waals surface area contributed by atoms with Crippen molar-refractivity contribution in [2.75, 3.05) is 13.7 Å². The van der Waals surface area contributed by atoms with E-state index in [0.29, 0.717) is 31.3 Å². The molecule has 0 bridgehead atoms. The number of nitrogens with zero attached hydrogens (tertiary/aromatic N) is 4. The molecule has 2 aromatic heterocycles. The zero-order chi connectivity index (χ0) is 16.2. The summed E-state index contributed by atoms with van der Waals surface area (Å²) in [5.74, 6) is 0.566. The second-order valence-electron chi connectivity index (χ2n) is 4.85. The van der Waals surface area contributed by atoms with Crippen LogP contribution in [0.15, 0.2) is 35.0 Å². The van der Waals surface area contributed by atoms with Gasteiger partial charge >= 0.3 is 0 Å². The highest BCUT2D eigenvalue weighted by molar-refractivity contribution is 6.31. The summed E-state index contributed by atoms with van der Waals surface area (Å²) in [5.41, 5.74) is 1.54. The minimum Gasteiger partial charge on any atom is -0.384 e. The molecule has 0 fully saturated rings. The van der Waals surface area contributed by atoms with Crippen LogP contribution in [0.1, 0.15) is 11.7 Å². The number of methoxy groups -OCH3 is 1. The first-order valence-electron chi connectivity index (χ1n) is 6.95. The van der Waals surface area contributed by atoms with Crippen LogP contribution in [0.2, 0.25) is 5.02 Å². The average molecular weight is 337 g/mol. The maximum atomic E-state index is 13.3. The maximum Gasteiger partial charge on any atom is 0.248 e. The number of ether oxygens (including phenoxy) is 1. The van der Waals surface area contributed by atoms with Gasteiger partial charge in [-0.1, -0.05) is 16.8 Å². The number of aromatic nitrogens is 4. The van der Waals surface area contributed by atoms with Gasteiger partial charge in [0.15, 0.2) is 5.82 Å². The molecule has 0 amide bonds. The van der Waals surface area contributed by atoms with E-state index < -0.39 is 5.82 Å². The Hall–Kier alpha value is -2.25. The number of rotatable bonds is 6. The Kier molecular flexibility index (Phi) is 4.68. The predicted octanol–water partition coefficient (Wildman–Crippen LogP) is 2.96. The van der Waals surface area contributed by atoms with Gasteiger partial charge in [0.05, 0.1) is 17.3 Å². The van der Waals surface area contributed by atoms with E-state index in [1.807, 2.05) is 6.07 Å². The first-order valence-corrected chi connectivity index (χ1v) is 7.33. The molecule has 0 atom stereocenters. The lowest BCUT2D eigenvalue weighted by Crippen LogP contribution is -2.04.